The standard InChI is InChI=1S/C13H26N2/c1-11(2)6-8-15-9-7-14-13(3,10-15)12-4-5-12/h11-12,14H,4-10H2,1-3H3. The Bertz CT molecular complexity index is 211. The monoisotopic (exact) mass is 210 g/mol. The maximum atomic E-state index is 3.73. The van der Waals surface area contributed by atoms with E-state index in [0.717, 1.165) is 11.8 Å². The zero-order valence-electron chi connectivity index (χ0n) is 10.6. The summed E-state index contributed by atoms with van der Waals surface area (Å²) in [6.07, 6.45) is 4.24. The van der Waals surface area contributed by atoms with Crippen LogP contribution < -0.4 is 5.32 Å². The highest BCUT2D eigenvalue weighted by atomic mass is 15.2. The van der Waals surface area contributed by atoms with Crippen molar-refractivity contribution in [1.82, 2.24) is 10.2 Å². The summed E-state index contributed by atoms with van der Waals surface area (Å²) >= 11 is 0. The Morgan fingerprint density at radius 3 is 2.73 bits per heavy atom. The summed E-state index contributed by atoms with van der Waals surface area (Å²) in [4.78, 5) is 2.66. The van der Waals surface area contributed by atoms with Gasteiger partial charge < -0.3 is 10.2 Å². The molecular weight excluding hydrogens is 184 g/mol. The zero-order chi connectivity index (χ0) is 10.9. The van der Waals surface area contributed by atoms with Gasteiger partial charge >= 0.3 is 0 Å². The normalized spacial score (nSPS) is 33.6. The van der Waals surface area contributed by atoms with Gasteiger partial charge in [-0.05, 0) is 44.6 Å². The molecule has 2 heteroatoms. The number of nitrogens with one attached hydrogen (secondary N) is 1. The lowest BCUT2D eigenvalue weighted by molar-refractivity contribution is 0.122. The second kappa shape index (κ2) is 4.42. The van der Waals surface area contributed by atoms with Gasteiger partial charge in [-0.3, -0.25) is 0 Å². The van der Waals surface area contributed by atoms with Gasteiger partial charge in [-0.2, -0.15) is 0 Å². The van der Waals surface area contributed by atoms with E-state index in [9.17, 15) is 0 Å². The Morgan fingerprint density at radius 2 is 2.13 bits per heavy atom. The van der Waals surface area contributed by atoms with Crippen LogP contribution in [0.4, 0.5) is 0 Å². The number of hydrogen-bond acceptors (Lipinski definition) is 2. The predicted octanol–water partition coefficient (Wildman–Crippen LogP) is 2.11. The topological polar surface area (TPSA) is 15.3 Å². The summed E-state index contributed by atoms with van der Waals surface area (Å²) in [5.74, 6) is 1.80. The molecule has 1 aliphatic heterocycles. The molecule has 0 radical (unpaired) electrons. The fourth-order valence-corrected chi connectivity index (χ4v) is 2.72. The van der Waals surface area contributed by atoms with E-state index >= 15 is 0 Å². The van der Waals surface area contributed by atoms with Gasteiger partial charge in [-0.25, -0.2) is 0 Å². The molecule has 1 saturated carbocycles. The third-order valence-corrected chi connectivity index (χ3v) is 4.01. The largest absolute Gasteiger partial charge is 0.309 e. The molecular formula is C13H26N2. The van der Waals surface area contributed by atoms with E-state index < -0.39 is 0 Å². The lowest BCUT2D eigenvalue weighted by Gasteiger charge is -2.42. The first kappa shape index (κ1) is 11.4. The summed E-state index contributed by atoms with van der Waals surface area (Å²) in [5, 5.41) is 3.73. The van der Waals surface area contributed by atoms with Crippen LogP contribution in [0.2, 0.25) is 0 Å². The van der Waals surface area contributed by atoms with Crippen molar-refractivity contribution in [1.29, 1.82) is 0 Å². The summed E-state index contributed by atoms with van der Waals surface area (Å²) in [6.45, 7) is 12.1. The van der Waals surface area contributed by atoms with Gasteiger partial charge in [0.1, 0.15) is 0 Å². The van der Waals surface area contributed by atoms with Gasteiger partial charge in [-0.1, -0.05) is 13.8 Å². The van der Waals surface area contributed by atoms with Crippen LogP contribution >= 0.6 is 0 Å². The Morgan fingerprint density at radius 1 is 1.40 bits per heavy atom. The third kappa shape index (κ3) is 2.94. The predicted molar refractivity (Wildman–Crippen MR) is 65.0 cm³/mol. The maximum absolute atomic E-state index is 3.73. The number of hydrogen-bond donors (Lipinski definition) is 1. The number of nitrogens with zero attached hydrogens (tertiary/aromatic N) is 1. The zero-order valence-corrected chi connectivity index (χ0v) is 10.6. The van der Waals surface area contributed by atoms with Crippen molar-refractivity contribution in [3.63, 3.8) is 0 Å². The van der Waals surface area contributed by atoms with Crippen molar-refractivity contribution < 1.29 is 0 Å². The molecule has 1 saturated heterocycles. The first-order valence-corrected chi connectivity index (χ1v) is 6.57. The van der Waals surface area contributed by atoms with Crippen LogP contribution in [-0.4, -0.2) is 36.6 Å². The van der Waals surface area contributed by atoms with Crippen LogP contribution in [0.25, 0.3) is 0 Å². The molecule has 88 valence electrons. The van der Waals surface area contributed by atoms with Crippen LogP contribution in [0.3, 0.4) is 0 Å². The van der Waals surface area contributed by atoms with Gasteiger partial charge in [0, 0.05) is 25.2 Å². The van der Waals surface area contributed by atoms with E-state index in [4.69, 9.17) is 0 Å². The second-order valence-corrected chi connectivity index (χ2v) is 6.08. The SMILES string of the molecule is CC(C)CCN1CCNC(C)(C2CC2)C1. The fourth-order valence-electron chi connectivity index (χ4n) is 2.72. The van der Waals surface area contributed by atoms with E-state index in [1.54, 1.807) is 0 Å². The van der Waals surface area contributed by atoms with E-state index in [-0.39, 0.29) is 0 Å². The third-order valence-electron chi connectivity index (χ3n) is 4.01. The van der Waals surface area contributed by atoms with E-state index in [0.29, 0.717) is 5.54 Å². The van der Waals surface area contributed by atoms with Gasteiger partial charge in [0.2, 0.25) is 0 Å². The molecule has 15 heavy (non-hydrogen) atoms. The minimum absolute atomic E-state index is 0.426. The highest BCUT2D eigenvalue weighted by molar-refractivity contribution is 5.01. The lowest BCUT2D eigenvalue weighted by atomic mass is 9.92. The molecule has 0 aromatic carbocycles. The average Bonchev–Trinajstić information content (AvgIpc) is 2.98. The molecule has 0 spiro atoms. The Labute approximate surface area is 94.4 Å². The summed E-state index contributed by atoms with van der Waals surface area (Å²) < 4.78 is 0. The molecule has 2 rings (SSSR count). The van der Waals surface area contributed by atoms with Crippen molar-refractivity contribution in [2.75, 3.05) is 26.2 Å². The van der Waals surface area contributed by atoms with Crippen LogP contribution in [0, 0.1) is 11.8 Å². The molecule has 0 bridgehead atoms. The summed E-state index contributed by atoms with van der Waals surface area (Å²) in [6, 6.07) is 0. The molecule has 1 unspecified atom stereocenters. The molecule has 0 aromatic heterocycles. The second-order valence-electron chi connectivity index (χ2n) is 6.08. The molecule has 2 fully saturated rings. The minimum Gasteiger partial charge on any atom is -0.309 e. The lowest BCUT2D eigenvalue weighted by Crippen LogP contribution is -2.60. The summed E-state index contributed by atoms with van der Waals surface area (Å²) in [7, 11) is 0. The first-order chi connectivity index (χ1) is 7.10. The molecule has 1 aliphatic carbocycles. The molecule has 0 aromatic rings. The van der Waals surface area contributed by atoms with Gasteiger partial charge in [0.15, 0.2) is 0 Å². The molecule has 1 N–H and O–H groups in total. The van der Waals surface area contributed by atoms with Crippen molar-refractivity contribution in [3.05, 3.63) is 0 Å². The molecule has 0 amide bonds. The van der Waals surface area contributed by atoms with Crippen molar-refractivity contribution in [2.24, 2.45) is 11.8 Å². The average molecular weight is 210 g/mol. The van der Waals surface area contributed by atoms with Crippen molar-refractivity contribution in [2.45, 2.75) is 45.6 Å². The number of piperazine rings is 1. The van der Waals surface area contributed by atoms with E-state index in [2.05, 4.69) is 31.0 Å². The van der Waals surface area contributed by atoms with Crippen molar-refractivity contribution >= 4 is 0 Å². The van der Waals surface area contributed by atoms with E-state index in [1.165, 1.54) is 45.4 Å². The molecule has 2 nitrogen and oxygen atoms in total. The summed E-state index contributed by atoms with van der Waals surface area (Å²) in [5.41, 5.74) is 0.426. The number of rotatable bonds is 4. The van der Waals surface area contributed by atoms with Gasteiger partial charge in [0.05, 0.1) is 0 Å². The van der Waals surface area contributed by atoms with Crippen LogP contribution in [0.1, 0.15) is 40.0 Å². The first-order valence-electron chi connectivity index (χ1n) is 6.57. The smallest absolute Gasteiger partial charge is 0.0309 e. The molecule has 2 aliphatic rings. The van der Waals surface area contributed by atoms with Gasteiger partial charge in [-0.15, -0.1) is 0 Å². The molecule has 1 atom stereocenters. The van der Waals surface area contributed by atoms with Crippen LogP contribution in [0.15, 0.2) is 0 Å². The van der Waals surface area contributed by atoms with Crippen LogP contribution in [0.5, 0.6) is 0 Å². The fraction of sp³-hybridized carbons (Fsp3) is 1.00. The quantitative estimate of drug-likeness (QED) is 0.764. The Hall–Kier alpha value is -0.0800. The van der Waals surface area contributed by atoms with Gasteiger partial charge in [0.25, 0.3) is 0 Å². The van der Waals surface area contributed by atoms with Crippen molar-refractivity contribution in [3.8, 4) is 0 Å². The van der Waals surface area contributed by atoms with Crippen LogP contribution in [-0.2, 0) is 0 Å². The Balaban J connectivity index is 1.81. The maximum Gasteiger partial charge on any atom is 0.0309 e. The molecule has 1 heterocycles. The highest BCUT2D eigenvalue weighted by Crippen LogP contribution is 2.40. The highest BCUT2D eigenvalue weighted by Gasteiger charge is 2.43. The minimum atomic E-state index is 0.426. The van der Waals surface area contributed by atoms with E-state index in [1.807, 2.05) is 0 Å². The Kier molecular flexibility index (Phi) is 3.36.